The van der Waals surface area contributed by atoms with Crippen molar-refractivity contribution >= 4 is 11.6 Å². The second-order valence-electron chi connectivity index (χ2n) is 8.20. The second-order valence-corrected chi connectivity index (χ2v) is 8.20. The molecule has 0 radical (unpaired) electrons. The van der Waals surface area contributed by atoms with E-state index in [9.17, 15) is 14.3 Å². The molecule has 3 atom stereocenters. The van der Waals surface area contributed by atoms with E-state index in [4.69, 9.17) is 5.73 Å². The number of aromatic nitrogens is 1. The number of nitrogens with zero attached hydrogens (tertiary/aromatic N) is 1. The average Bonchev–Trinajstić information content (AvgIpc) is 3.46. The minimum atomic E-state index is -0.862. The van der Waals surface area contributed by atoms with Crippen LogP contribution in [0.25, 0.3) is 0 Å². The van der Waals surface area contributed by atoms with Gasteiger partial charge in [0.1, 0.15) is 5.82 Å². The van der Waals surface area contributed by atoms with Gasteiger partial charge >= 0.3 is 0 Å². The maximum atomic E-state index is 14.5. The highest BCUT2D eigenvalue weighted by Gasteiger charge is 2.35. The normalized spacial score (nSPS) is 23.6. The first kappa shape index (κ1) is 19.9. The summed E-state index contributed by atoms with van der Waals surface area (Å²) in [4.78, 5) is 16.9. The molecule has 29 heavy (non-hydrogen) atoms. The molecule has 1 aliphatic carbocycles. The van der Waals surface area contributed by atoms with E-state index in [1.807, 2.05) is 18.2 Å². The van der Waals surface area contributed by atoms with E-state index in [0.717, 1.165) is 12.1 Å². The summed E-state index contributed by atoms with van der Waals surface area (Å²) in [6.45, 7) is 0.355. The summed E-state index contributed by atoms with van der Waals surface area (Å²) in [5.74, 6) is -0.191. The van der Waals surface area contributed by atoms with Crippen molar-refractivity contribution in [1.29, 1.82) is 0 Å². The summed E-state index contributed by atoms with van der Waals surface area (Å²) in [5, 5.41) is 15.2. The number of amides is 1. The molecule has 1 unspecified atom stereocenters. The van der Waals surface area contributed by atoms with Crippen molar-refractivity contribution in [2.45, 2.75) is 49.8 Å². The fraction of sp³-hybridized carbons (Fsp3) is 0.455. The molecule has 2 aromatic rings. The number of rotatable bonds is 7. The third-order valence-corrected chi connectivity index (χ3v) is 5.93. The van der Waals surface area contributed by atoms with Crippen LogP contribution in [-0.2, 0) is 10.3 Å². The van der Waals surface area contributed by atoms with Crippen molar-refractivity contribution in [3.8, 4) is 0 Å². The van der Waals surface area contributed by atoms with Crippen LogP contribution in [-0.4, -0.2) is 34.7 Å². The summed E-state index contributed by atoms with van der Waals surface area (Å²) in [5.41, 5.74) is 7.53. The molecule has 6 nitrogen and oxygen atoms in total. The lowest BCUT2D eigenvalue weighted by molar-refractivity contribution is -0.118. The van der Waals surface area contributed by atoms with Gasteiger partial charge in [-0.25, -0.2) is 4.39 Å². The van der Waals surface area contributed by atoms with Gasteiger partial charge in [0.2, 0.25) is 5.91 Å². The molecule has 1 aliphatic heterocycles. The highest BCUT2D eigenvalue weighted by atomic mass is 19.1. The summed E-state index contributed by atoms with van der Waals surface area (Å²) in [6.07, 6.45) is 5.58. The second kappa shape index (κ2) is 8.18. The van der Waals surface area contributed by atoms with Gasteiger partial charge in [-0.05, 0) is 55.0 Å². The van der Waals surface area contributed by atoms with Crippen LogP contribution in [0.2, 0.25) is 0 Å². The largest absolute Gasteiger partial charge is 0.392 e. The number of benzene rings is 1. The number of hydrogen-bond donors (Lipinski definition) is 4. The molecule has 1 saturated carbocycles. The smallest absolute Gasteiger partial charge is 0.241 e. The Morgan fingerprint density at radius 2 is 2.17 bits per heavy atom. The number of β-amino-alcohol motifs (C(OH)–C–C–N with tert-alkyl or cyclic N) is 1. The molecule has 2 aliphatic rings. The monoisotopic (exact) mass is 398 g/mol. The van der Waals surface area contributed by atoms with Crippen LogP contribution in [0.4, 0.5) is 10.1 Å². The van der Waals surface area contributed by atoms with Crippen molar-refractivity contribution in [3.05, 3.63) is 59.7 Å². The lowest BCUT2D eigenvalue weighted by atomic mass is 9.82. The summed E-state index contributed by atoms with van der Waals surface area (Å²) >= 11 is 0. The standard InChI is InChI=1S/C22H27FN4O2/c23-17-7-6-15(11-18(17)27-21(29)19-12-16(28)13-26-19)22(24,9-8-14-4-5-14)20-3-1-2-10-25-20/h1-3,6-7,10-11,14,16,19,26,28H,4-5,8-9,12-13,24H2,(H,27,29)/t16-,19-,22?/m1/s1. The number of hydrogen-bond acceptors (Lipinski definition) is 5. The lowest BCUT2D eigenvalue weighted by Gasteiger charge is -2.30. The van der Waals surface area contributed by atoms with Gasteiger partial charge < -0.3 is 21.5 Å². The van der Waals surface area contributed by atoms with E-state index in [2.05, 4.69) is 15.6 Å². The molecule has 7 heteroatoms. The van der Waals surface area contributed by atoms with Gasteiger partial charge in [-0.15, -0.1) is 0 Å². The fourth-order valence-electron chi connectivity index (χ4n) is 3.92. The van der Waals surface area contributed by atoms with E-state index in [0.29, 0.717) is 30.9 Å². The summed E-state index contributed by atoms with van der Waals surface area (Å²) < 4.78 is 14.5. The van der Waals surface area contributed by atoms with Crippen molar-refractivity contribution in [3.63, 3.8) is 0 Å². The topological polar surface area (TPSA) is 100 Å². The zero-order valence-electron chi connectivity index (χ0n) is 16.3. The van der Waals surface area contributed by atoms with Crippen LogP contribution in [0.1, 0.15) is 43.4 Å². The van der Waals surface area contributed by atoms with E-state index < -0.39 is 23.5 Å². The molecule has 0 spiro atoms. The molecule has 1 aromatic carbocycles. The molecule has 1 amide bonds. The number of nitrogens with two attached hydrogens (primary N) is 1. The van der Waals surface area contributed by atoms with Crippen LogP contribution < -0.4 is 16.4 Å². The summed E-state index contributed by atoms with van der Waals surface area (Å²) in [6, 6.07) is 9.70. The van der Waals surface area contributed by atoms with E-state index in [-0.39, 0.29) is 11.6 Å². The molecule has 4 rings (SSSR count). The predicted octanol–water partition coefficient (Wildman–Crippen LogP) is 2.27. The maximum absolute atomic E-state index is 14.5. The summed E-state index contributed by atoms with van der Waals surface area (Å²) in [7, 11) is 0. The molecule has 1 aromatic heterocycles. The molecule has 154 valence electrons. The van der Waals surface area contributed by atoms with Crippen molar-refractivity contribution in [2.75, 3.05) is 11.9 Å². The number of aliphatic hydroxyl groups is 1. The van der Waals surface area contributed by atoms with Gasteiger partial charge in [0.15, 0.2) is 0 Å². The minimum Gasteiger partial charge on any atom is -0.392 e. The van der Waals surface area contributed by atoms with Gasteiger partial charge in [-0.1, -0.05) is 25.0 Å². The Bertz CT molecular complexity index is 874. The number of carbonyl (C=O) groups is 1. The molecule has 5 N–H and O–H groups in total. The Kier molecular flexibility index (Phi) is 5.63. The number of aliphatic hydroxyl groups excluding tert-OH is 1. The number of carbonyl (C=O) groups excluding carboxylic acids is 1. The van der Waals surface area contributed by atoms with Crippen LogP contribution in [0.3, 0.4) is 0 Å². The SMILES string of the molecule is NC(CCC1CC1)(c1ccc(F)c(NC(=O)[C@H]2C[C@@H](O)CN2)c1)c1ccccn1. The molecular formula is C22H27FN4O2. The first-order valence-electron chi connectivity index (χ1n) is 10.2. The highest BCUT2D eigenvalue weighted by molar-refractivity contribution is 5.95. The predicted molar refractivity (Wildman–Crippen MR) is 109 cm³/mol. The zero-order chi connectivity index (χ0) is 20.4. The number of anilines is 1. The Hall–Kier alpha value is -2.35. The third-order valence-electron chi connectivity index (χ3n) is 5.93. The molecule has 2 fully saturated rings. The first-order valence-corrected chi connectivity index (χ1v) is 10.2. The number of nitrogens with one attached hydrogen (secondary N) is 2. The van der Waals surface area contributed by atoms with E-state index in [1.54, 1.807) is 18.3 Å². The van der Waals surface area contributed by atoms with E-state index in [1.165, 1.54) is 18.9 Å². The van der Waals surface area contributed by atoms with E-state index >= 15 is 0 Å². The van der Waals surface area contributed by atoms with Crippen molar-refractivity contribution in [1.82, 2.24) is 10.3 Å². The van der Waals surface area contributed by atoms with Crippen LogP contribution in [0.15, 0.2) is 42.6 Å². The van der Waals surface area contributed by atoms with Gasteiger partial charge in [-0.2, -0.15) is 0 Å². The average molecular weight is 398 g/mol. The van der Waals surface area contributed by atoms with Crippen molar-refractivity contribution in [2.24, 2.45) is 11.7 Å². The Morgan fingerprint density at radius 3 is 2.83 bits per heavy atom. The highest BCUT2D eigenvalue weighted by Crippen LogP contribution is 2.40. The quantitative estimate of drug-likeness (QED) is 0.573. The Balaban J connectivity index is 1.61. The Morgan fingerprint density at radius 1 is 1.34 bits per heavy atom. The van der Waals surface area contributed by atoms with Crippen LogP contribution in [0.5, 0.6) is 0 Å². The Labute approximate surface area is 169 Å². The lowest BCUT2D eigenvalue weighted by Crippen LogP contribution is -2.39. The first-order chi connectivity index (χ1) is 14.0. The van der Waals surface area contributed by atoms with Gasteiger partial charge in [0.25, 0.3) is 0 Å². The number of halogens is 1. The third kappa shape index (κ3) is 4.47. The minimum absolute atomic E-state index is 0.0906. The van der Waals surface area contributed by atoms with Gasteiger partial charge in [-0.3, -0.25) is 9.78 Å². The molecule has 2 heterocycles. The molecule has 1 saturated heterocycles. The molecule has 0 bridgehead atoms. The van der Waals surface area contributed by atoms with Crippen LogP contribution in [0, 0.1) is 11.7 Å². The maximum Gasteiger partial charge on any atom is 0.241 e. The van der Waals surface area contributed by atoms with Crippen LogP contribution >= 0.6 is 0 Å². The zero-order valence-corrected chi connectivity index (χ0v) is 16.3. The number of pyridine rings is 1. The van der Waals surface area contributed by atoms with Gasteiger partial charge in [0, 0.05) is 12.7 Å². The van der Waals surface area contributed by atoms with Crippen molar-refractivity contribution < 1.29 is 14.3 Å². The fourth-order valence-corrected chi connectivity index (χ4v) is 3.92. The molecular weight excluding hydrogens is 371 g/mol. The van der Waals surface area contributed by atoms with Gasteiger partial charge in [0.05, 0.1) is 29.1 Å².